The van der Waals surface area contributed by atoms with Gasteiger partial charge in [-0.05, 0) is 71.8 Å². The van der Waals surface area contributed by atoms with Gasteiger partial charge in [-0.25, -0.2) is 0 Å². The molecule has 3 nitrogen and oxygen atoms in total. The molecule has 0 radical (unpaired) electrons. The second-order valence-electron chi connectivity index (χ2n) is 11.5. The van der Waals surface area contributed by atoms with E-state index in [1.54, 1.807) is 0 Å². The average Bonchev–Trinajstić information content (AvgIpc) is 3.66. The highest BCUT2D eigenvalue weighted by Gasteiger charge is 2.23. The van der Waals surface area contributed by atoms with E-state index in [0.29, 0.717) is 0 Å². The zero-order valence-corrected chi connectivity index (χ0v) is 24.6. The van der Waals surface area contributed by atoms with Crippen molar-refractivity contribution in [2.24, 2.45) is 0 Å². The number of nitrogens with zero attached hydrogens (tertiary/aromatic N) is 2. The molecule has 0 atom stereocenters. The lowest BCUT2D eigenvalue weighted by Gasteiger charge is -2.27. The number of aromatic nitrogens is 2. The number of hydrogen-bond acceptors (Lipinski definition) is 1. The Morgan fingerprint density at radius 2 is 0.978 bits per heavy atom. The molecule has 0 aliphatic rings. The lowest BCUT2D eigenvalue weighted by molar-refractivity contribution is 1.18. The fourth-order valence-electron chi connectivity index (χ4n) is 6.95. The van der Waals surface area contributed by atoms with Crippen LogP contribution in [-0.2, 0) is 0 Å². The average molecular weight is 576 g/mol. The highest BCUT2D eigenvalue weighted by atomic mass is 15.2. The van der Waals surface area contributed by atoms with Gasteiger partial charge in [0.25, 0.3) is 0 Å². The summed E-state index contributed by atoms with van der Waals surface area (Å²) in [4.78, 5) is 6.11. The fourth-order valence-corrected chi connectivity index (χ4v) is 6.95. The Balaban J connectivity index is 1.37. The van der Waals surface area contributed by atoms with E-state index < -0.39 is 0 Å². The zero-order chi connectivity index (χ0) is 29.7. The van der Waals surface area contributed by atoms with Crippen LogP contribution in [0.3, 0.4) is 0 Å². The van der Waals surface area contributed by atoms with Crippen molar-refractivity contribution in [3.8, 4) is 16.8 Å². The number of anilines is 3. The molecule has 45 heavy (non-hydrogen) atoms. The summed E-state index contributed by atoms with van der Waals surface area (Å²) >= 11 is 0. The molecule has 212 valence electrons. The normalized spacial score (nSPS) is 11.6. The van der Waals surface area contributed by atoms with Crippen molar-refractivity contribution in [3.05, 3.63) is 170 Å². The number of benzene rings is 7. The van der Waals surface area contributed by atoms with Gasteiger partial charge in [0.2, 0.25) is 0 Å². The molecule has 0 spiro atoms. The Morgan fingerprint density at radius 3 is 1.78 bits per heavy atom. The van der Waals surface area contributed by atoms with Crippen molar-refractivity contribution in [1.82, 2.24) is 9.55 Å². The van der Waals surface area contributed by atoms with Crippen molar-refractivity contribution in [3.63, 3.8) is 0 Å². The molecule has 1 N–H and O–H groups in total. The number of hydrogen-bond donors (Lipinski definition) is 1. The third kappa shape index (κ3) is 4.05. The SMILES string of the molecule is c1ccc(-c2ccc(N(c3cccc4[nH]c5ccccc5c34)c3cccc4c3c3ccccc3n4-c3ccccc3)cc2)cc1. The lowest BCUT2D eigenvalue weighted by atomic mass is 10.0. The molecule has 9 aromatic rings. The van der Waals surface area contributed by atoms with Crippen molar-refractivity contribution in [2.75, 3.05) is 4.90 Å². The van der Waals surface area contributed by atoms with Crippen LogP contribution in [0.2, 0.25) is 0 Å². The van der Waals surface area contributed by atoms with Gasteiger partial charge in [0.15, 0.2) is 0 Å². The summed E-state index contributed by atoms with van der Waals surface area (Å²) in [5, 5.41) is 4.88. The topological polar surface area (TPSA) is 24.0 Å². The van der Waals surface area contributed by atoms with E-state index >= 15 is 0 Å². The molecule has 0 amide bonds. The van der Waals surface area contributed by atoms with E-state index in [1.807, 2.05) is 0 Å². The van der Waals surface area contributed by atoms with E-state index in [-0.39, 0.29) is 0 Å². The number of para-hydroxylation sites is 3. The van der Waals surface area contributed by atoms with Gasteiger partial charge in [-0.1, -0.05) is 109 Å². The van der Waals surface area contributed by atoms with Gasteiger partial charge in [-0.15, -0.1) is 0 Å². The molecule has 9 rings (SSSR count). The molecule has 0 fully saturated rings. The maximum Gasteiger partial charge on any atom is 0.0562 e. The first-order chi connectivity index (χ1) is 22.3. The molecule has 0 saturated carbocycles. The first-order valence-electron chi connectivity index (χ1n) is 15.4. The molecule has 7 aromatic carbocycles. The largest absolute Gasteiger partial charge is 0.354 e. The molecular weight excluding hydrogens is 546 g/mol. The van der Waals surface area contributed by atoms with Gasteiger partial charge in [-0.2, -0.15) is 0 Å². The summed E-state index contributed by atoms with van der Waals surface area (Å²) in [5.41, 5.74) is 11.6. The van der Waals surface area contributed by atoms with Crippen LogP contribution in [0.5, 0.6) is 0 Å². The van der Waals surface area contributed by atoms with E-state index in [0.717, 1.165) is 33.8 Å². The smallest absolute Gasteiger partial charge is 0.0562 e. The third-order valence-corrected chi connectivity index (χ3v) is 8.91. The van der Waals surface area contributed by atoms with Gasteiger partial charge in [-0.3, -0.25) is 0 Å². The minimum absolute atomic E-state index is 1.11. The van der Waals surface area contributed by atoms with Crippen molar-refractivity contribution >= 4 is 60.7 Å². The standard InChI is InChI=1S/C42H29N3/c1-3-13-29(14-4-1)30-25-27-32(28-26-30)45(38-22-11-20-36-41(38)33-17-7-9-19-35(33)43-36)40-24-12-23-39-42(40)34-18-8-10-21-37(34)44(39)31-15-5-2-6-16-31/h1-28,43H. The van der Waals surface area contributed by atoms with E-state index in [9.17, 15) is 0 Å². The Hall–Kier alpha value is -6.06. The predicted octanol–water partition coefficient (Wildman–Crippen LogP) is 11.6. The van der Waals surface area contributed by atoms with E-state index in [2.05, 4.69) is 184 Å². The van der Waals surface area contributed by atoms with Crippen LogP contribution in [0.25, 0.3) is 60.4 Å². The highest BCUT2D eigenvalue weighted by Crippen LogP contribution is 2.46. The van der Waals surface area contributed by atoms with Gasteiger partial charge in [0.05, 0.1) is 22.4 Å². The third-order valence-electron chi connectivity index (χ3n) is 8.91. The lowest BCUT2D eigenvalue weighted by Crippen LogP contribution is -2.11. The molecule has 2 heterocycles. The minimum atomic E-state index is 1.11. The summed E-state index contributed by atoms with van der Waals surface area (Å²) in [6.45, 7) is 0. The van der Waals surface area contributed by atoms with Crippen LogP contribution in [0, 0.1) is 0 Å². The Labute approximate surface area is 261 Å². The molecule has 0 aliphatic heterocycles. The Morgan fingerprint density at radius 1 is 0.400 bits per heavy atom. The van der Waals surface area contributed by atoms with Crippen molar-refractivity contribution in [1.29, 1.82) is 0 Å². The van der Waals surface area contributed by atoms with Crippen LogP contribution >= 0.6 is 0 Å². The number of H-pyrrole nitrogens is 1. The number of rotatable bonds is 5. The van der Waals surface area contributed by atoms with Crippen LogP contribution in [0.1, 0.15) is 0 Å². The van der Waals surface area contributed by atoms with Crippen LogP contribution < -0.4 is 4.90 Å². The minimum Gasteiger partial charge on any atom is -0.354 e. The summed E-state index contributed by atoms with van der Waals surface area (Å²) in [7, 11) is 0. The number of aromatic amines is 1. The van der Waals surface area contributed by atoms with E-state index in [1.165, 1.54) is 43.7 Å². The molecule has 0 bridgehead atoms. The van der Waals surface area contributed by atoms with Gasteiger partial charge in [0.1, 0.15) is 0 Å². The van der Waals surface area contributed by atoms with Crippen molar-refractivity contribution in [2.45, 2.75) is 0 Å². The maximum absolute atomic E-state index is 3.67. The highest BCUT2D eigenvalue weighted by molar-refractivity contribution is 6.20. The Kier molecular flexibility index (Phi) is 5.82. The molecule has 3 heteroatoms. The zero-order valence-electron chi connectivity index (χ0n) is 24.6. The first-order valence-corrected chi connectivity index (χ1v) is 15.4. The van der Waals surface area contributed by atoms with Crippen molar-refractivity contribution < 1.29 is 0 Å². The molecular formula is C42H29N3. The van der Waals surface area contributed by atoms with Gasteiger partial charge >= 0.3 is 0 Å². The number of nitrogens with one attached hydrogen (secondary N) is 1. The van der Waals surface area contributed by atoms with E-state index in [4.69, 9.17) is 0 Å². The van der Waals surface area contributed by atoms with Crippen LogP contribution in [0.4, 0.5) is 17.1 Å². The second kappa shape index (κ2) is 10.3. The molecule has 0 unspecified atom stereocenters. The first kappa shape index (κ1) is 25.4. The summed E-state index contributed by atoms with van der Waals surface area (Å²) in [6.07, 6.45) is 0. The molecule has 0 saturated heterocycles. The summed E-state index contributed by atoms with van der Waals surface area (Å²) in [5.74, 6) is 0. The monoisotopic (exact) mass is 575 g/mol. The van der Waals surface area contributed by atoms with Gasteiger partial charge < -0.3 is 14.5 Å². The van der Waals surface area contributed by atoms with Gasteiger partial charge in [0, 0.05) is 44.0 Å². The predicted molar refractivity (Wildman–Crippen MR) is 190 cm³/mol. The van der Waals surface area contributed by atoms with Crippen LogP contribution in [0.15, 0.2) is 170 Å². The number of fused-ring (bicyclic) bond motifs is 6. The summed E-state index contributed by atoms with van der Waals surface area (Å²) < 4.78 is 2.39. The molecule has 0 aliphatic carbocycles. The van der Waals surface area contributed by atoms with Crippen LogP contribution in [-0.4, -0.2) is 9.55 Å². The quantitative estimate of drug-likeness (QED) is 0.217. The molecule has 2 aromatic heterocycles. The summed E-state index contributed by atoms with van der Waals surface area (Å²) in [6, 6.07) is 60.9. The Bertz CT molecular complexity index is 2470. The second-order valence-corrected chi connectivity index (χ2v) is 11.5. The fraction of sp³-hybridized carbons (Fsp3) is 0. The maximum atomic E-state index is 3.67.